The van der Waals surface area contributed by atoms with Gasteiger partial charge in [-0.1, -0.05) is 340 Å². The molecule has 0 spiro atoms. The molecule has 2 atom stereocenters. The SMILES string of the molecule is CCCCC/C=C\C/C=C\CCCCCCCCCCCC(=O)OC(COC(=O)CCCCCCCCCCCCCCCCCCCCCCCCCCCCCCCCCCCCCCCCC)COC(OCC[N+](C)(C)C)C(=O)[O-]. The highest BCUT2D eigenvalue weighted by Gasteiger charge is 2.22. The summed E-state index contributed by atoms with van der Waals surface area (Å²) in [4.78, 5) is 37.4. The van der Waals surface area contributed by atoms with Crippen molar-refractivity contribution in [2.45, 2.75) is 386 Å². The van der Waals surface area contributed by atoms with E-state index in [1.807, 2.05) is 21.1 Å². The van der Waals surface area contributed by atoms with Crippen molar-refractivity contribution in [1.29, 1.82) is 0 Å². The van der Waals surface area contributed by atoms with Crippen LogP contribution >= 0.6 is 0 Å². The predicted octanol–water partition coefficient (Wildman–Crippen LogP) is 21.3. The third-order valence-corrected chi connectivity index (χ3v) is 16.7. The van der Waals surface area contributed by atoms with Gasteiger partial charge in [0.25, 0.3) is 0 Å². The van der Waals surface area contributed by atoms with Crippen LogP contribution in [0.1, 0.15) is 373 Å². The van der Waals surface area contributed by atoms with Crippen LogP contribution in [-0.2, 0) is 33.3 Å². The summed E-state index contributed by atoms with van der Waals surface area (Å²) in [5.74, 6) is -2.26. The van der Waals surface area contributed by atoms with Gasteiger partial charge in [0.15, 0.2) is 12.4 Å². The van der Waals surface area contributed by atoms with E-state index in [1.165, 1.54) is 289 Å². The molecule has 0 aliphatic carbocycles. The number of ether oxygens (including phenoxy) is 4. The Labute approximate surface area is 516 Å². The lowest BCUT2D eigenvalue weighted by Crippen LogP contribution is -2.44. The zero-order valence-electron chi connectivity index (χ0n) is 56.1. The van der Waals surface area contributed by atoms with Crippen molar-refractivity contribution in [3.63, 3.8) is 0 Å². The first-order valence-electron chi connectivity index (χ1n) is 36.5. The number of likely N-dealkylation sites (N-methyl/N-ethyl adjacent to an activating group) is 1. The van der Waals surface area contributed by atoms with E-state index in [4.69, 9.17) is 18.9 Å². The second-order valence-electron chi connectivity index (χ2n) is 26.2. The maximum absolute atomic E-state index is 12.9. The first-order valence-corrected chi connectivity index (χ1v) is 36.5. The number of carbonyl (C=O) groups is 3. The Hall–Kier alpha value is -2.23. The van der Waals surface area contributed by atoms with E-state index in [9.17, 15) is 19.5 Å². The average Bonchev–Trinajstić information content (AvgIpc) is 3.46. The second-order valence-corrected chi connectivity index (χ2v) is 26.2. The van der Waals surface area contributed by atoms with Crippen LogP contribution in [0.4, 0.5) is 0 Å². The lowest BCUT2D eigenvalue weighted by atomic mass is 10.0. The molecular weight excluding hydrogens is 1030 g/mol. The smallest absolute Gasteiger partial charge is 0.306 e. The van der Waals surface area contributed by atoms with E-state index >= 15 is 0 Å². The lowest BCUT2D eigenvalue weighted by Gasteiger charge is -2.26. The van der Waals surface area contributed by atoms with E-state index in [0.717, 1.165) is 51.4 Å². The van der Waals surface area contributed by atoms with Gasteiger partial charge in [-0.25, -0.2) is 0 Å². The summed E-state index contributed by atoms with van der Waals surface area (Å²) < 4.78 is 22.8. The minimum atomic E-state index is -1.62. The van der Waals surface area contributed by atoms with Crippen molar-refractivity contribution in [2.24, 2.45) is 0 Å². The number of hydrogen-bond donors (Lipinski definition) is 0. The van der Waals surface area contributed by atoms with Crippen LogP contribution in [0.3, 0.4) is 0 Å². The van der Waals surface area contributed by atoms with Crippen molar-refractivity contribution >= 4 is 17.9 Å². The first kappa shape index (κ1) is 80.8. The third-order valence-electron chi connectivity index (χ3n) is 16.7. The molecule has 0 aromatic rings. The summed E-state index contributed by atoms with van der Waals surface area (Å²) in [7, 11) is 5.94. The molecule has 2 unspecified atom stereocenters. The number of allylic oxidation sites excluding steroid dienone is 4. The van der Waals surface area contributed by atoms with Crippen LogP contribution in [0.15, 0.2) is 24.3 Å². The van der Waals surface area contributed by atoms with Gasteiger partial charge in [-0.05, 0) is 44.9 Å². The maximum Gasteiger partial charge on any atom is 0.306 e. The summed E-state index contributed by atoms with van der Waals surface area (Å²) in [6, 6.07) is 0. The highest BCUT2D eigenvalue weighted by Crippen LogP contribution is 2.19. The molecule has 0 aliphatic heterocycles. The van der Waals surface area contributed by atoms with Gasteiger partial charge < -0.3 is 33.3 Å². The van der Waals surface area contributed by atoms with Gasteiger partial charge in [-0.15, -0.1) is 0 Å². The molecule has 0 bridgehead atoms. The van der Waals surface area contributed by atoms with Crippen LogP contribution in [0.25, 0.3) is 0 Å². The Morgan fingerprint density at radius 2 is 0.651 bits per heavy atom. The van der Waals surface area contributed by atoms with Gasteiger partial charge in [0.05, 0.1) is 40.3 Å². The molecule has 490 valence electrons. The van der Waals surface area contributed by atoms with Crippen molar-refractivity contribution in [1.82, 2.24) is 0 Å². The Kier molecular flexibility index (Phi) is 64.0. The molecule has 9 heteroatoms. The molecule has 0 N–H and O–H groups in total. The number of carboxylic acids is 1. The van der Waals surface area contributed by atoms with Crippen molar-refractivity contribution < 1.29 is 42.9 Å². The number of esters is 2. The Bertz CT molecular complexity index is 1410. The van der Waals surface area contributed by atoms with Crippen LogP contribution in [0, 0.1) is 0 Å². The molecule has 83 heavy (non-hydrogen) atoms. The fraction of sp³-hybridized carbons (Fsp3) is 0.905. The quantitative estimate of drug-likeness (QED) is 0.0195. The highest BCUT2D eigenvalue weighted by molar-refractivity contribution is 5.70. The zero-order chi connectivity index (χ0) is 60.5. The van der Waals surface area contributed by atoms with Gasteiger partial charge in [-0.2, -0.15) is 0 Å². The van der Waals surface area contributed by atoms with Crippen molar-refractivity contribution in [3.8, 4) is 0 Å². The first-order chi connectivity index (χ1) is 40.6. The molecular formula is C74H141NO8. The fourth-order valence-electron chi connectivity index (χ4n) is 11.1. The van der Waals surface area contributed by atoms with Crippen LogP contribution < -0.4 is 5.11 Å². The summed E-state index contributed by atoms with van der Waals surface area (Å²) in [6.45, 7) is 4.78. The minimum absolute atomic E-state index is 0.149. The summed E-state index contributed by atoms with van der Waals surface area (Å²) >= 11 is 0. The molecule has 0 heterocycles. The van der Waals surface area contributed by atoms with Crippen LogP contribution in [0.2, 0.25) is 0 Å². The molecule has 0 saturated heterocycles. The third kappa shape index (κ3) is 67.1. The second kappa shape index (κ2) is 65.7. The Balaban J connectivity index is 3.91. The largest absolute Gasteiger partial charge is 0.545 e. The number of quaternary nitrogens is 1. The molecule has 0 aromatic carbocycles. The van der Waals surface area contributed by atoms with E-state index in [0.29, 0.717) is 23.9 Å². The van der Waals surface area contributed by atoms with Gasteiger partial charge in [0, 0.05) is 12.8 Å². The summed E-state index contributed by atoms with van der Waals surface area (Å²) in [5, 5.41) is 11.8. The van der Waals surface area contributed by atoms with E-state index < -0.39 is 24.3 Å². The molecule has 0 radical (unpaired) electrons. The molecule has 0 saturated carbocycles. The number of hydrogen-bond acceptors (Lipinski definition) is 8. The average molecular weight is 1170 g/mol. The number of unbranched alkanes of at least 4 members (excludes halogenated alkanes) is 50. The van der Waals surface area contributed by atoms with E-state index in [2.05, 4.69) is 38.2 Å². The number of rotatable bonds is 69. The number of carboxylic acid groups (broad SMARTS) is 1. The Morgan fingerprint density at radius 1 is 0.361 bits per heavy atom. The summed E-state index contributed by atoms with van der Waals surface area (Å²) in [6.07, 6.45) is 78.7. The van der Waals surface area contributed by atoms with Crippen molar-refractivity contribution in [2.75, 3.05) is 47.5 Å². The predicted molar refractivity (Wildman–Crippen MR) is 353 cm³/mol. The molecule has 0 amide bonds. The highest BCUT2D eigenvalue weighted by atomic mass is 16.7. The van der Waals surface area contributed by atoms with Gasteiger partial charge in [0.1, 0.15) is 13.2 Å². The van der Waals surface area contributed by atoms with Gasteiger partial charge >= 0.3 is 11.9 Å². The topological polar surface area (TPSA) is 111 Å². The van der Waals surface area contributed by atoms with Crippen LogP contribution in [-0.4, -0.2) is 82.3 Å². The number of carbonyl (C=O) groups excluding carboxylic acids is 3. The molecule has 0 rings (SSSR count). The molecule has 9 nitrogen and oxygen atoms in total. The van der Waals surface area contributed by atoms with Gasteiger partial charge in [-0.3, -0.25) is 9.59 Å². The van der Waals surface area contributed by atoms with E-state index in [1.54, 1.807) is 0 Å². The minimum Gasteiger partial charge on any atom is -0.545 e. The number of nitrogens with zero attached hydrogens (tertiary/aromatic N) is 1. The fourth-order valence-corrected chi connectivity index (χ4v) is 11.1. The zero-order valence-corrected chi connectivity index (χ0v) is 56.1. The molecule has 0 fully saturated rings. The Morgan fingerprint density at radius 3 is 0.976 bits per heavy atom. The monoisotopic (exact) mass is 1170 g/mol. The summed E-state index contributed by atoms with van der Waals surface area (Å²) in [5.41, 5.74) is 0. The van der Waals surface area contributed by atoms with Gasteiger partial charge in [0.2, 0.25) is 0 Å². The van der Waals surface area contributed by atoms with Crippen molar-refractivity contribution in [3.05, 3.63) is 24.3 Å². The maximum atomic E-state index is 12.9. The molecule has 0 aromatic heterocycles. The number of aliphatic carboxylic acids is 1. The standard InChI is InChI=1S/C74H141NO8/c1-6-8-10-12-14-16-18-20-22-24-26-27-28-29-30-31-32-33-34-35-36-37-38-39-40-41-42-43-44-45-47-48-50-52-54-56-58-60-62-64-71(76)81-68-70(69-82-74(73(78)79)80-67-66-75(3,4)5)83-72(77)65-63-61-59-57-55-53-51-49-46-25-23-21-19-17-15-13-11-9-7-2/h15,17,21,23,70,74H,6-14,16,18-20,22,24-69H2,1-5H3/b17-15-,23-21-. The van der Waals surface area contributed by atoms with Crippen LogP contribution in [0.5, 0.6) is 0 Å². The van der Waals surface area contributed by atoms with E-state index in [-0.39, 0.29) is 32.2 Å². The molecule has 0 aliphatic rings. The normalized spacial score (nSPS) is 12.7. The lowest BCUT2D eigenvalue weighted by molar-refractivity contribution is -0.870.